The number of rotatable bonds is 8. The molecule has 1 heterocycles. The molecule has 1 N–H and O–H groups in total. The summed E-state index contributed by atoms with van der Waals surface area (Å²) in [5.41, 5.74) is 2.80. The molecule has 2 aromatic rings. The van der Waals surface area contributed by atoms with E-state index in [2.05, 4.69) is 5.32 Å². The number of esters is 1. The molecule has 0 saturated carbocycles. The van der Waals surface area contributed by atoms with Crippen molar-refractivity contribution >= 4 is 34.5 Å². The summed E-state index contributed by atoms with van der Waals surface area (Å²) in [5.74, 6) is 1.61. The first kappa shape index (κ1) is 24.8. The predicted octanol–water partition coefficient (Wildman–Crippen LogP) is 5.14. The standard InChI is InChI=1S/C24H27ClN2O5S/c1-6-32-23(28)20-14(2)26-24(33-13-15-9-7-8-10-17(15)25)27-21(20)16-11-18(29-3)22(31-5)19(12-16)30-4/h7-12,21H,6,13H2,1-5H3,(H,26,27)/t21-/m1/s1. The number of allylic oxidation sites excluding steroid dienone is 1. The largest absolute Gasteiger partial charge is 0.493 e. The van der Waals surface area contributed by atoms with Gasteiger partial charge in [-0.2, -0.15) is 0 Å². The summed E-state index contributed by atoms with van der Waals surface area (Å²) >= 11 is 7.81. The molecule has 1 atom stereocenters. The molecular weight excluding hydrogens is 464 g/mol. The van der Waals surface area contributed by atoms with Crippen LogP contribution < -0.4 is 19.5 Å². The Bertz CT molecular complexity index is 1060. The number of thioether (sulfide) groups is 1. The van der Waals surface area contributed by atoms with Crippen molar-refractivity contribution in [1.29, 1.82) is 0 Å². The van der Waals surface area contributed by atoms with Gasteiger partial charge in [-0.15, -0.1) is 0 Å². The monoisotopic (exact) mass is 490 g/mol. The van der Waals surface area contributed by atoms with Crippen molar-refractivity contribution < 1.29 is 23.7 Å². The Balaban J connectivity index is 2.03. The van der Waals surface area contributed by atoms with E-state index in [1.165, 1.54) is 11.8 Å². The van der Waals surface area contributed by atoms with Gasteiger partial charge in [-0.3, -0.25) is 0 Å². The maximum atomic E-state index is 12.9. The van der Waals surface area contributed by atoms with E-state index in [-0.39, 0.29) is 6.61 Å². The summed E-state index contributed by atoms with van der Waals surface area (Å²) in [7, 11) is 4.64. The zero-order valence-corrected chi connectivity index (χ0v) is 20.8. The summed E-state index contributed by atoms with van der Waals surface area (Å²) in [6, 6.07) is 10.6. The third-order valence-electron chi connectivity index (χ3n) is 5.04. The predicted molar refractivity (Wildman–Crippen MR) is 131 cm³/mol. The van der Waals surface area contributed by atoms with Crippen LogP contribution in [0, 0.1) is 0 Å². The van der Waals surface area contributed by atoms with Crippen molar-refractivity contribution in [1.82, 2.24) is 5.32 Å². The van der Waals surface area contributed by atoms with E-state index in [1.807, 2.05) is 31.2 Å². The molecular formula is C24H27ClN2O5S. The van der Waals surface area contributed by atoms with E-state index in [9.17, 15) is 4.79 Å². The molecule has 7 nitrogen and oxygen atoms in total. The van der Waals surface area contributed by atoms with Gasteiger partial charge in [0.2, 0.25) is 5.75 Å². The Morgan fingerprint density at radius 2 is 1.79 bits per heavy atom. The number of hydrogen-bond donors (Lipinski definition) is 1. The zero-order chi connectivity index (χ0) is 24.0. The quantitative estimate of drug-likeness (QED) is 0.513. The molecule has 0 aromatic heterocycles. The van der Waals surface area contributed by atoms with Crippen molar-refractivity contribution in [3.05, 3.63) is 63.8 Å². The Hall–Kier alpha value is -2.84. The minimum absolute atomic E-state index is 0.259. The number of hydrogen-bond acceptors (Lipinski definition) is 8. The zero-order valence-electron chi connectivity index (χ0n) is 19.2. The third-order valence-corrected chi connectivity index (χ3v) is 6.34. The van der Waals surface area contributed by atoms with Crippen molar-refractivity contribution in [2.75, 3.05) is 27.9 Å². The van der Waals surface area contributed by atoms with Crippen LogP contribution in [0.5, 0.6) is 17.2 Å². The van der Waals surface area contributed by atoms with Crippen LogP contribution in [0.25, 0.3) is 0 Å². The fourth-order valence-electron chi connectivity index (χ4n) is 3.46. The highest BCUT2D eigenvalue weighted by Crippen LogP contribution is 2.43. The molecule has 176 valence electrons. The minimum atomic E-state index is -0.618. The number of nitrogens with zero attached hydrogens (tertiary/aromatic N) is 1. The van der Waals surface area contributed by atoms with Crippen molar-refractivity contribution in [2.24, 2.45) is 4.99 Å². The molecule has 0 bridgehead atoms. The fraction of sp³-hybridized carbons (Fsp3) is 0.333. The van der Waals surface area contributed by atoms with E-state index in [4.69, 9.17) is 35.5 Å². The van der Waals surface area contributed by atoms with Crippen LogP contribution in [0.4, 0.5) is 0 Å². The lowest BCUT2D eigenvalue weighted by molar-refractivity contribution is -0.138. The Kier molecular flexibility index (Phi) is 8.52. The fourth-order valence-corrected chi connectivity index (χ4v) is 4.69. The summed E-state index contributed by atoms with van der Waals surface area (Å²) in [5, 5.41) is 4.60. The van der Waals surface area contributed by atoms with Crippen LogP contribution >= 0.6 is 23.4 Å². The van der Waals surface area contributed by atoms with Gasteiger partial charge in [0.25, 0.3) is 0 Å². The lowest BCUT2D eigenvalue weighted by Crippen LogP contribution is -2.30. The van der Waals surface area contributed by atoms with Gasteiger partial charge in [-0.25, -0.2) is 9.79 Å². The van der Waals surface area contributed by atoms with E-state index in [0.717, 1.165) is 5.56 Å². The molecule has 0 unspecified atom stereocenters. The molecule has 0 aliphatic carbocycles. The average molecular weight is 491 g/mol. The molecule has 0 amide bonds. The third kappa shape index (κ3) is 5.57. The molecule has 33 heavy (non-hydrogen) atoms. The molecule has 3 rings (SSSR count). The van der Waals surface area contributed by atoms with Gasteiger partial charge in [0.1, 0.15) is 6.04 Å². The lowest BCUT2D eigenvalue weighted by atomic mass is 9.96. The van der Waals surface area contributed by atoms with Gasteiger partial charge in [-0.05, 0) is 43.2 Å². The van der Waals surface area contributed by atoms with Gasteiger partial charge in [0.15, 0.2) is 16.7 Å². The first-order valence-corrected chi connectivity index (χ1v) is 11.7. The second-order valence-corrected chi connectivity index (χ2v) is 8.43. The first-order chi connectivity index (χ1) is 15.9. The van der Waals surface area contributed by atoms with Crippen LogP contribution in [-0.2, 0) is 15.3 Å². The van der Waals surface area contributed by atoms with Crippen molar-refractivity contribution in [3.8, 4) is 17.2 Å². The molecule has 1 aliphatic rings. The van der Waals surface area contributed by atoms with Gasteiger partial charge < -0.3 is 24.3 Å². The SMILES string of the molecule is CCOC(=O)C1=C(C)NC(SCc2ccccc2Cl)=N[C@@H]1c1cc(OC)c(OC)c(OC)c1. The van der Waals surface area contributed by atoms with E-state index in [1.54, 1.807) is 40.4 Å². The number of halogens is 1. The smallest absolute Gasteiger partial charge is 0.338 e. The van der Waals surface area contributed by atoms with Crippen LogP contribution in [0.3, 0.4) is 0 Å². The van der Waals surface area contributed by atoms with Crippen molar-refractivity contribution in [2.45, 2.75) is 25.6 Å². The number of ether oxygens (including phenoxy) is 4. The Morgan fingerprint density at radius 1 is 1.12 bits per heavy atom. The van der Waals surface area contributed by atoms with Gasteiger partial charge in [-0.1, -0.05) is 41.6 Å². The highest BCUT2D eigenvalue weighted by Gasteiger charge is 2.32. The molecule has 2 aromatic carbocycles. The highest BCUT2D eigenvalue weighted by atomic mass is 35.5. The number of nitrogens with one attached hydrogen (secondary N) is 1. The van der Waals surface area contributed by atoms with Crippen LogP contribution in [0.15, 0.2) is 52.7 Å². The summed E-state index contributed by atoms with van der Waals surface area (Å²) in [6.45, 7) is 3.87. The molecule has 0 radical (unpaired) electrons. The number of carbonyl (C=O) groups excluding carboxylic acids is 1. The summed E-state index contributed by atoms with van der Waals surface area (Å²) in [6.07, 6.45) is 0. The summed E-state index contributed by atoms with van der Waals surface area (Å²) < 4.78 is 21.8. The number of benzene rings is 2. The van der Waals surface area contributed by atoms with Gasteiger partial charge in [0.05, 0.1) is 33.5 Å². The number of amidine groups is 1. The maximum absolute atomic E-state index is 12.9. The average Bonchev–Trinajstić information content (AvgIpc) is 2.82. The molecule has 9 heteroatoms. The normalized spacial score (nSPS) is 15.5. The molecule has 0 saturated heterocycles. The highest BCUT2D eigenvalue weighted by molar-refractivity contribution is 8.13. The number of methoxy groups -OCH3 is 3. The lowest BCUT2D eigenvalue weighted by Gasteiger charge is -2.26. The number of aliphatic imine (C=N–C) groups is 1. The Labute approximate surface area is 203 Å². The van der Waals surface area contributed by atoms with Gasteiger partial charge in [0, 0.05) is 16.5 Å². The van der Waals surface area contributed by atoms with Crippen LogP contribution in [0.2, 0.25) is 5.02 Å². The Morgan fingerprint density at radius 3 is 2.36 bits per heavy atom. The van der Waals surface area contributed by atoms with Crippen LogP contribution in [0.1, 0.15) is 31.0 Å². The number of carbonyl (C=O) groups is 1. The van der Waals surface area contributed by atoms with E-state index >= 15 is 0 Å². The van der Waals surface area contributed by atoms with Crippen LogP contribution in [-0.4, -0.2) is 39.1 Å². The first-order valence-electron chi connectivity index (χ1n) is 10.3. The maximum Gasteiger partial charge on any atom is 0.338 e. The van der Waals surface area contributed by atoms with Gasteiger partial charge >= 0.3 is 5.97 Å². The molecule has 0 spiro atoms. The van der Waals surface area contributed by atoms with E-state index in [0.29, 0.717) is 50.0 Å². The second-order valence-electron chi connectivity index (χ2n) is 7.06. The van der Waals surface area contributed by atoms with Crippen molar-refractivity contribution in [3.63, 3.8) is 0 Å². The minimum Gasteiger partial charge on any atom is -0.493 e. The summed E-state index contributed by atoms with van der Waals surface area (Å²) in [4.78, 5) is 17.7. The second kappa shape index (κ2) is 11.3. The molecule has 1 aliphatic heterocycles. The van der Waals surface area contributed by atoms with E-state index < -0.39 is 12.0 Å². The molecule has 0 fully saturated rings. The topological polar surface area (TPSA) is 78.4 Å².